The van der Waals surface area contributed by atoms with Gasteiger partial charge < -0.3 is 4.74 Å². The van der Waals surface area contributed by atoms with Crippen LogP contribution in [0.4, 0.5) is 0 Å². The highest BCUT2D eigenvalue weighted by Gasteiger charge is 2.05. The third-order valence-corrected chi connectivity index (χ3v) is 4.43. The number of hydrogen-bond acceptors (Lipinski definition) is 3. The van der Waals surface area contributed by atoms with Gasteiger partial charge in [-0.25, -0.2) is 5.43 Å². The highest BCUT2D eigenvalue weighted by atomic mass is 79.9. The summed E-state index contributed by atoms with van der Waals surface area (Å²) in [6, 6.07) is 22.1. The second kappa shape index (κ2) is 9.35. The Morgan fingerprint density at radius 1 is 1.07 bits per heavy atom. The van der Waals surface area contributed by atoms with Gasteiger partial charge in [-0.2, -0.15) is 5.10 Å². The number of hydrogen-bond donors (Lipinski definition) is 1. The van der Waals surface area contributed by atoms with Crippen molar-refractivity contribution >= 4 is 39.7 Å². The van der Waals surface area contributed by atoms with E-state index in [9.17, 15) is 4.79 Å². The van der Waals surface area contributed by atoms with E-state index in [0.717, 1.165) is 15.6 Å². The zero-order valence-corrected chi connectivity index (χ0v) is 16.6. The van der Waals surface area contributed by atoms with Crippen LogP contribution in [0.25, 0.3) is 0 Å². The van der Waals surface area contributed by atoms with E-state index >= 15 is 0 Å². The van der Waals surface area contributed by atoms with Crippen molar-refractivity contribution < 1.29 is 9.53 Å². The van der Waals surface area contributed by atoms with Gasteiger partial charge in [0.25, 0.3) is 5.91 Å². The summed E-state index contributed by atoms with van der Waals surface area (Å²) in [4.78, 5) is 12.1. The van der Waals surface area contributed by atoms with Crippen LogP contribution in [0, 0.1) is 0 Å². The van der Waals surface area contributed by atoms with Crippen molar-refractivity contribution in [2.45, 2.75) is 6.61 Å². The maximum absolute atomic E-state index is 12.1. The third-order valence-electron chi connectivity index (χ3n) is 3.68. The SMILES string of the molecule is O=C(NN=Cc1ccccc1OCc1ccc(Cl)cc1)c1cccc(Br)c1. The lowest BCUT2D eigenvalue weighted by Crippen LogP contribution is -2.17. The molecule has 0 aliphatic carbocycles. The van der Waals surface area contributed by atoms with Crippen LogP contribution in [0.2, 0.25) is 5.02 Å². The fraction of sp³-hybridized carbons (Fsp3) is 0.0476. The van der Waals surface area contributed by atoms with Crippen molar-refractivity contribution in [2.75, 3.05) is 0 Å². The maximum atomic E-state index is 12.1. The lowest BCUT2D eigenvalue weighted by molar-refractivity contribution is 0.0955. The van der Waals surface area contributed by atoms with Crippen LogP contribution in [0.1, 0.15) is 21.5 Å². The van der Waals surface area contributed by atoms with E-state index in [2.05, 4.69) is 26.5 Å². The van der Waals surface area contributed by atoms with Gasteiger partial charge in [0.2, 0.25) is 0 Å². The van der Waals surface area contributed by atoms with Crippen molar-refractivity contribution in [3.05, 3.63) is 99.0 Å². The zero-order valence-electron chi connectivity index (χ0n) is 14.2. The molecule has 136 valence electrons. The number of nitrogens with zero attached hydrogens (tertiary/aromatic N) is 1. The van der Waals surface area contributed by atoms with Crippen molar-refractivity contribution in [2.24, 2.45) is 5.10 Å². The molecule has 0 spiro atoms. The number of carbonyl (C=O) groups is 1. The van der Waals surface area contributed by atoms with Crippen LogP contribution in [0.15, 0.2) is 82.4 Å². The second-order valence-electron chi connectivity index (χ2n) is 5.66. The topological polar surface area (TPSA) is 50.7 Å². The largest absolute Gasteiger partial charge is 0.488 e. The van der Waals surface area contributed by atoms with Crippen LogP contribution < -0.4 is 10.2 Å². The third kappa shape index (κ3) is 5.67. The summed E-state index contributed by atoms with van der Waals surface area (Å²) in [6.07, 6.45) is 1.56. The standard InChI is InChI=1S/C21H16BrClN2O2/c22-18-6-3-5-16(12-18)21(26)25-24-13-17-4-1-2-7-20(17)27-14-15-8-10-19(23)11-9-15/h1-13H,14H2,(H,25,26). The number of nitrogens with one attached hydrogen (secondary N) is 1. The first kappa shape index (κ1) is 19.1. The minimum Gasteiger partial charge on any atom is -0.488 e. The Morgan fingerprint density at radius 3 is 2.63 bits per heavy atom. The molecule has 0 heterocycles. The number of halogens is 2. The lowest BCUT2D eigenvalue weighted by atomic mass is 10.2. The minimum atomic E-state index is -0.285. The molecule has 0 aromatic heterocycles. The minimum absolute atomic E-state index is 0.285. The van der Waals surface area contributed by atoms with E-state index in [1.54, 1.807) is 24.4 Å². The molecule has 27 heavy (non-hydrogen) atoms. The van der Waals surface area contributed by atoms with Crippen LogP contribution >= 0.6 is 27.5 Å². The van der Waals surface area contributed by atoms with E-state index in [1.165, 1.54) is 0 Å². The summed E-state index contributed by atoms with van der Waals surface area (Å²) in [5.74, 6) is 0.389. The molecule has 4 nitrogen and oxygen atoms in total. The molecular weight excluding hydrogens is 428 g/mol. The molecular formula is C21H16BrClN2O2. The first-order valence-electron chi connectivity index (χ1n) is 8.17. The number of para-hydroxylation sites is 1. The highest BCUT2D eigenvalue weighted by Crippen LogP contribution is 2.18. The van der Waals surface area contributed by atoms with E-state index < -0.39 is 0 Å². The number of carbonyl (C=O) groups excluding carboxylic acids is 1. The van der Waals surface area contributed by atoms with Crippen molar-refractivity contribution in [1.82, 2.24) is 5.43 Å². The van der Waals surface area contributed by atoms with Gasteiger partial charge in [0.1, 0.15) is 12.4 Å². The van der Waals surface area contributed by atoms with Crippen LogP contribution in [-0.2, 0) is 6.61 Å². The first-order chi connectivity index (χ1) is 13.1. The molecule has 0 saturated heterocycles. The summed E-state index contributed by atoms with van der Waals surface area (Å²) in [7, 11) is 0. The van der Waals surface area contributed by atoms with Gasteiger partial charge in [-0.1, -0.05) is 57.9 Å². The van der Waals surface area contributed by atoms with Gasteiger partial charge in [0, 0.05) is 20.6 Å². The second-order valence-corrected chi connectivity index (χ2v) is 7.01. The molecule has 0 saturated carbocycles. The summed E-state index contributed by atoms with van der Waals surface area (Å²) in [5, 5.41) is 4.73. The Bertz CT molecular complexity index is 958. The first-order valence-corrected chi connectivity index (χ1v) is 9.34. The van der Waals surface area contributed by atoms with Gasteiger partial charge in [-0.15, -0.1) is 0 Å². The molecule has 0 radical (unpaired) electrons. The Morgan fingerprint density at radius 2 is 1.85 bits per heavy atom. The average molecular weight is 444 g/mol. The van der Waals surface area contributed by atoms with Crippen LogP contribution in [-0.4, -0.2) is 12.1 Å². The van der Waals surface area contributed by atoms with Gasteiger partial charge in [-0.05, 0) is 48.0 Å². The number of amides is 1. The highest BCUT2D eigenvalue weighted by molar-refractivity contribution is 9.10. The van der Waals surface area contributed by atoms with E-state index in [0.29, 0.717) is 22.9 Å². The van der Waals surface area contributed by atoms with Crippen LogP contribution in [0.5, 0.6) is 5.75 Å². The Labute approximate surface area is 171 Å². The van der Waals surface area contributed by atoms with E-state index in [-0.39, 0.29) is 5.91 Å². The fourth-order valence-electron chi connectivity index (χ4n) is 2.32. The molecule has 1 N–H and O–H groups in total. The molecule has 3 aromatic carbocycles. The van der Waals surface area contributed by atoms with Crippen molar-refractivity contribution in [3.63, 3.8) is 0 Å². The molecule has 0 atom stereocenters. The number of hydrazone groups is 1. The number of benzene rings is 3. The quantitative estimate of drug-likeness (QED) is 0.407. The van der Waals surface area contributed by atoms with Gasteiger partial charge in [0.05, 0.1) is 6.21 Å². The van der Waals surface area contributed by atoms with E-state index in [4.69, 9.17) is 16.3 Å². The molecule has 1 amide bonds. The summed E-state index contributed by atoms with van der Waals surface area (Å²) in [5.41, 5.74) is 4.82. The smallest absolute Gasteiger partial charge is 0.271 e. The van der Waals surface area contributed by atoms with E-state index in [1.807, 2.05) is 54.6 Å². The average Bonchev–Trinajstić information content (AvgIpc) is 2.68. The Hall–Kier alpha value is -2.63. The molecule has 0 fully saturated rings. The van der Waals surface area contributed by atoms with Crippen molar-refractivity contribution in [1.29, 1.82) is 0 Å². The zero-order chi connectivity index (χ0) is 19.1. The summed E-state index contributed by atoms with van der Waals surface area (Å²) in [6.45, 7) is 0.409. The molecule has 0 unspecified atom stereocenters. The number of rotatable bonds is 6. The van der Waals surface area contributed by atoms with Gasteiger partial charge >= 0.3 is 0 Å². The molecule has 3 rings (SSSR count). The summed E-state index contributed by atoms with van der Waals surface area (Å²) < 4.78 is 6.70. The predicted octanol–water partition coefficient (Wildman–Crippen LogP) is 5.45. The molecule has 3 aromatic rings. The van der Waals surface area contributed by atoms with Gasteiger partial charge in [-0.3, -0.25) is 4.79 Å². The Balaban J connectivity index is 1.64. The predicted molar refractivity (Wildman–Crippen MR) is 111 cm³/mol. The molecule has 0 bridgehead atoms. The molecule has 6 heteroatoms. The van der Waals surface area contributed by atoms with Gasteiger partial charge in [0.15, 0.2) is 0 Å². The maximum Gasteiger partial charge on any atom is 0.271 e. The Kier molecular flexibility index (Phi) is 6.63. The van der Waals surface area contributed by atoms with Crippen LogP contribution in [0.3, 0.4) is 0 Å². The number of ether oxygens (including phenoxy) is 1. The fourth-order valence-corrected chi connectivity index (χ4v) is 2.84. The summed E-state index contributed by atoms with van der Waals surface area (Å²) >= 11 is 9.24. The molecule has 0 aliphatic heterocycles. The monoisotopic (exact) mass is 442 g/mol. The van der Waals surface area contributed by atoms with Crippen molar-refractivity contribution in [3.8, 4) is 5.75 Å². The lowest BCUT2D eigenvalue weighted by Gasteiger charge is -2.09. The normalized spacial score (nSPS) is 10.7. The molecule has 0 aliphatic rings.